The Morgan fingerprint density at radius 2 is 1.77 bits per heavy atom. The summed E-state index contributed by atoms with van der Waals surface area (Å²) in [5.41, 5.74) is 1.04. The number of halogens is 1. The maximum absolute atomic E-state index is 11.8. The Morgan fingerprint density at radius 3 is 2.32 bits per heavy atom. The van der Waals surface area contributed by atoms with E-state index >= 15 is 0 Å². The first-order valence-corrected chi connectivity index (χ1v) is 9.17. The van der Waals surface area contributed by atoms with Gasteiger partial charge in [-0.1, -0.05) is 40.9 Å². The minimum atomic E-state index is -0.193. The van der Waals surface area contributed by atoms with Crippen molar-refractivity contribution in [1.82, 2.24) is 10.2 Å². The van der Waals surface area contributed by atoms with E-state index in [9.17, 15) is 4.79 Å². The van der Waals surface area contributed by atoms with Gasteiger partial charge in [-0.25, -0.2) is 0 Å². The molecule has 0 aromatic heterocycles. The zero-order valence-electron chi connectivity index (χ0n) is 13.3. The lowest BCUT2D eigenvalue weighted by Crippen LogP contribution is -2.54. The highest BCUT2D eigenvalue weighted by Crippen LogP contribution is 2.36. The highest BCUT2D eigenvalue weighted by Gasteiger charge is 2.38. The lowest BCUT2D eigenvalue weighted by molar-refractivity contribution is -0.121. The van der Waals surface area contributed by atoms with Crippen molar-refractivity contribution in [2.45, 2.75) is 57.0 Å². The Labute approximate surface area is 141 Å². The Kier molecular flexibility index (Phi) is 4.88. The molecule has 1 aromatic rings. The second-order valence-electron chi connectivity index (χ2n) is 6.74. The van der Waals surface area contributed by atoms with E-state index in [1.807, 2.05) is 0 Å². The molecule has 0 bridgehead atoms. The standard InChI is InChI=1S/C18H25BrN2O/c1-14(22)20-18(15-6-8-16(19)9-7-15)10-12-21(13-11-18)17-4-2-3-5-17/h6-9,17H,2-5,10-13H2,1H3,(H,20,22). The minimum Gasteiger partial charge on any atom is -0.347 e. The third kappa shape index (κ3) is 3.38. The first kappa shape index (κ1) is 16.0. The van der Waals surface area contributed by atoms with Crippen LogP contribution < -0.4 is 5.32 Å². The summed E-state index contributed by atoms with van der Waals surface area (Å²) in [5, 5.41) is 3.26. The molecule has 1 heterocycles. The van der Waals surface area contributed by atoms with Crippen LogP contribution in [0.25, 0.3) is 0 Å². The molecular formula is C18H25BrN2O. The average Bonchev–Trinajstić information content (AvgIpc) is 3.02. The van der Waals surface area contributed by atoms with Gasteiger partial charge in [0.2, 0.25) is 5.91 Å². The minimum absolute atomic E-state index is 0.0669. The van der Waals surface area contributed by atoms with Gasteiger partial charge in [-0.3, -0.25) is 4.79 Å². The van der Waals surface area contributed by atoms with Crippen molar-refractivity contribution < 1.29 is 4.79 Å². The number of likely N-dealkylation sites (tertiary alicyclic amines) is 1. The zero-order valence-corrected chi connectivity index (χ0v) is 14.9. The fourth-order valence-corrected chi connectivity index (χ4v) is 4.40. The summed E-state index contributed by atoms with van der Waals surface area (Å²) in [6.07, 6.45) is 7.47. The fraction of sp³-hybridized carbons (Fsp3) is 0.611. The molecular weight excluding hydrogens is 340 g/mol. The second kappa shape index (κ2) is 6.71. The summed E-state index contributed by atoms with van der Waals surface area (Å²) in [7, 11) is 0. The van der Waals surface area contributed by atoms with Gasteiger partial charge in [0.05, 0.1) is 5.54 Å². The van der Waals surface area contributed by atoms with Crippen LogP contribution in [0.1, 0.15) is 51.0 Å². The molecule has 22 heavy (non-hydrogen) atoms. The second-order valence-corrected chi connectivity index (χ2v) is 7.66. The molecule has 2 fully saturated rings. The first-order valence-electron chi connectivity index (χ1n) is 8.38. The van der Waals surface area contributed by atoms with Gasteiger partial charge < -0.3 is 10.2 Å². The van der Waals surface area contributed by atoms with Crippen LogP contribution in [0.3, 0.4) is 0 Å². The third-order valence-corrected chi connectivity index (χ3v) is 5.83. The summed E-state index contributed by atoms with van der Waals surface area (Å²) in [4.78, 5) is 14.4. The van der Waals surface area contributed by atoms with Crippen LogP contribution in [0.2, 0.25) is 0 Å². The van der Waals surface area contributed by atoms with Crippen LogP contribution >= 0.6 is 15.9 Å². The van der Waals surface area contributed by atoms with Gasteiger partial charge >= 0.3 is 0 Å². The number of nitrogens with one attached hydrogen (secondary N) is 1. The number of nitrogens with zero attached hydrogens (tertiary/aromatic N) is 1. The van der Waals surface area contributed by atoms with Gasteiger partial charge in [0.1, 0.15) is 0 Å². The van der Waals surface area contributed by atoms with Crippen LogP contribution in [0, 0.1) is 0 Å². The van der Waals surface area contributed by atoms with Gasteiger partial charge in [0.25, 0.3) is 0 Å². The van der Waals surface area contributed by atoms with E-state index in [0.717, 1.165) is 36.4 Å². The van der Waals surface area contributed by atoms with Gasteiger partial charge in [-0.2, -0.15) is 0 Å². The summed E-state index contributed by atoms with van der Waals surface area (Å²) in [6, 6.07) is 9.21. The number of rotatable bonds is 3. The Morgan fingerprint density at radius 1 is 1.18 bits per heavy atom. The number of carbonyl (C=O) groups excluding carboxylic acids is 1. The number of hydrogen-bond donors (Lipinski definition) is 1. The van der Waals surface area contributed by atoms with Crippen LogP contribution in [0.15, 0.2) is 28.7 Å². The highest BCUT2D eigenvalue weighted by atomic mass is 79.9. The summed E-state index contributed by atoms with van der Waals surface area (Å²) in [6.45, 7) is 3.80. The molecule has 0 atom stereocenters. The molecule has 3 rings (SSSR count). The van der Waals surface area contributed by atoms with Crippen LogP contribution in [0.5, 0.6) is 0 Å². The topological polar surface area (TPSA) is 32.3 Å². The number of amides is 1. The molecule has 0 radical (unpaired) electrons. The fourth-order valence-electron chi connectivity index (χ4n) is 4.13. The molecule has 1 saturated carbocycles. The Hall–Kier alpha value is -0.870. The zero-order chi connectivity index (χ0) is 15.6. The molecule has 3 nitrogen and oxygen atoms in total. The van der Waals surface area contributed by atoms with Crippen LogP contribution in [-0.4, -0.2) is 29.9 Å². The van der Waals surface area contributed by atoms with Crippen molar-refractivity contribution in [2.75, 3.05) is 13.1 Å². The van der Waals surface area contributed by atoms with Crippen LogP contribution in [0.4, 0.5) is 0 Å². The molecule has 1 aromatic carbocycles. The van der Waals surface area contributed by atoms with E-state index in [-0.39, 0.29) is 11.4 Å². The predicted molar refractivity (Wildman–Crippen MR) is 92.7 cm³/mol. The van der Waals surface area contributed by atoms with Gasteiger partial charge in [-0.05, 0) is 43.4 Å². The Bertz CT molecular complexity index is 514. The van der Waals surface area contributed by atoms with Gasteiger partial charge in [0, 0.05) is 30.5 Å². The van der Waals surface area contributed by atoms with Crippen molar-refractivity contribution in [3.8, 4) is 0 Å². The third-order valence-electron chi connectivity index (χ3n) is 5.30. The molecule has 0 unspecified atom stereocenters. The molecule has 1 N–H and O–H groups in total. The molecule has 4 heteroatoms. The monoisotopic (exact) mass is 364 g/mol. The summed E-state index contributed by atoms with van der Waals surface area (Å²) in [5.74, 6) is 0.0669. The van der Waals surface area contributed by atoms with E-state index in [0.29, 0.717) is 0 Å². The number of piperidine rings is 1. The predicted octanol–water partition coefficient (Wildman–Crippen LogP) is 3.82. The highest BCUT2D eigenvalue weighted by molar-refractivity contribution is 9.10. The maximum Gasteiger partial charge on any atom is 0.217 e. The van der Waals surface area contributed by atoms with E-state index in [1.165, 1.54) is 31.2 Å². The lowest BCUT2D eigenvalue weighted by Gasteiger charge is -2.44. The summed E-state index contributed by atoms with van der Waals surface area (Å²) >= 11 is 3.50. The number of benzene rings is 1. The molecule has 1 aliphatic heterocycles. The largest absolute Gasteiger partial charge is 0.347 e. The molecule has 1 saturated heterocycles. The van der Waals surface area contributed by atoms with Gasteiger partial charge in [-0.15, -0.1) is 0 Å². The first-order chi connectivity index (χ1) is 10.6. The van der Waals surface area contributed by atoms with Crippen molar-refractivity contribution in [2.24, 2.45) is 0 Å². The van der Waals surface area contributed by atoms with Crippen molar-refractivity contribution in [1.29, 1.82) is 0 Å². The van der Waals surface area contributed by atoms with E-state index < -0.39 is 0 Å². The van der Waals surface area contributed by atoms with E-state index in [2.05, 4.69) is 50.4 Å². The van der Waals surface area contributed by atoms with Gasteiger partial charge in [0.15, 0.2) is 0 Å². The lowest BCUT2D eigenvalue weighted by atomic mass is 9.80. The Balaban J connectivity index is 1.76. The average molecular weight is 365 g/mol. The molecule has 1 aliphatic carbocycles. The molecule has 1 amide bonds. The van der Waals surface area contributed by atoms with Crippen molar-refractivity contribution in [3.05, 3.63) is 34.3 Å². The van der Waals surface area contributed by atoms with Crippen molar-refractivity contribution >= 4 is 21.8 Å². The van der Waals surface area contributed by atoms with E-state index in [1.54, 1.807) is 6.92 Å². The quantitative estimate of drug-likeness (QED) is 0.883. The van der Waals surface area contributed by atoms with Crippen molar-refractivity contribution in [3.63, 3.8) is 0 Å². The summed E-state index contributed by atoms with van der Waals surface area (Å²) < 4.78 is 1.08. The molecule has 120 valence electrons. The normalized spacial score (nSPS) is 22.6. The molecule has 2 aliphatic rings. The smallest absolute Gasteiger partial charge is 0.217 e. The molecule has 0 spiro atoms. The maximum atomic E-state index is 11.8. The number of carbonyl (C=O) groups is 1. The van der Waals surface area contributed by atoms with E-state index in [4.69, 9.17) is 0 Å². The SMILES string of the molecule is CC(=O)NC1(c2ccc(Br)cc2)CCN(C2CCCC2)CC1. The number of hydrogen-bond acceptors (Lipinski definition) is 2. The van der Waals surface area contributed by atoms with Crippen LogP contribution in [-0.2, 0) is 10.3 Å².